The third-order valence-corrected chi connectivity index (χ3v) is 2.92. The van der Waals surface area contributed by atoms with Gasteiger partial charge in [0.1, 0.15) is 18.0 Å². The van der Waals surface area contributed by atoms with Crippen molar-refractivity contribution in [1.29, 1.82) is 0 Å². The number of nitrogens with one attached hydrogen (secondary N) is 1. The summed E-state index contributed by atoms with van der Waals surface area (Å²) in [6, 6.07) is 6.22. The lowest BCUT2D eigenvalue weighted by Gasteiger charge is -2.12. The summed E-state index contributed by atoms with van der Waals surface area (Å²) < 4.78 is 15.4. The van der Waals surface area contributed by atoms with Crippen LogP contribution < -0.4 is 5.32 Å². The molecule has 102 valence electrons. The summed E-state index contributed by atoms with van der Waals surface area (Å²) in [5.41, 5.74) is 0.298. The van der Waals surface area contributed by atoms with Crippen molar-refractivity contribution in [2.24, 2.45) is 0 Å². The van der Waals surface area contributed by atoms with Crippen molar-refractivity contribution in [2.45, 2.75) is 26.1 Å². The first-order valence-corrected chi connectivity index (χ1v) is 6.22. The third-order valence-electron chi connectivity index (χ3n) is 2.92. The molecule has 1 heterocycles. The first kappa shape index (κ1) is 13.6. The third kappa shape index (κ3) is 3.36. The second kappa shape index (κ2) is 6.40. The number of hydrogen-bond donors (Lipinski definition) is 2. The van der Waals surface area contributed by atoms with Crippen LogP contribution in [0.1, 0.15) is 24.4 Å². The molecular formula is C13H17FN4O. The van der Waals surface area contributed by atoms with Crippen LogP contribution in [0.25, 0.3) is 0 Å². The Labute approximate surface area is 111 Å². The van der Waals surface area contributed by atoms with Gasteiger partial charge in [0.25, 0.3) is 0 Å². The highest BCUT2D eigenvalue weighted by Crippen LogP contribution is 2.15. The van der Waals surface area contributed by atoms with Crippen molar-refractivity contribution in [1.82, 2.24) is 20.1 Å². The number of rotatable bonds is 6. The lowest BCUT2D eigenvalue weighted by molar-refractivity contribution is 0.169. The molecule has 6 heteroatoms. The average molecular weight is 264 g/mol. The average Bonchev–Trinajstić information content (AvgIpc) is 2.86. The molecule has 1 aromatic heterocycles. The lowest BCUT2D eigenvalue weighted by atomic mass is 10.1. The van der Waals surface area contributed by atoms with Crippen molar-refractivity contribution in [3.63, 3.8) is 0 Å². The van der Waals surface area contributed by atoms with Gasteiger partial charge in [-0.05, 0) is 13.0 Å². The van der Waals surface area contributed by atoms with Gasteiger partial charge in [0.2, 0.25) is 0 Å². The van der Waals surface area contributed by atoms with E-state index in [9.17, 15) is 9.50 Å². The fraction of sp³-hybridized carbons (Fsp3) is 0.385. The molecule has 0 amide bonds. The zero-order valence-electron chi connectivity index (χ0n) is 10.8. The zero-order valence-corrected chi connectivity index (χ0v) is 10.8. The molecule has 19 heavy (non-hydrogen) atoms. The molecular weight excluding hydrogens is 247 g/mol. The molecule has 0 aliphatic heterocycles. The maximum Gasteiger partial charge on any atom is 0.146 e. The van der Waals surface area contributed by atoms with E-state index in [4.69, 9.17) is 0 Å². The number of nitrogens with zero attached hydrogens (tertiary/aromatic N) is 3. The Morgan fingerprint density at radius 1 is 1.42 bits per heavy atom. The smallest absolute Gasteiger partial charge is 0.146 e. The number of hydrogen-bond acceptors (Lipinski definition) is 4. The zero-order chi connectivity index (χ0) is 13.7. The minimum absolute atomic E-state index is 0.261. The first-order valence-electron chi connectivity index (χ1n) is 6.22. The van der Waals surface area contributed by atoms with Gasteiger partial charge in [-0.15, -0.1) is 10.2 Å². The van der Waals surface area contributed by atoms with E-state index in [-0.39, 0.29) is 6.54 Å². The van der Waals surface area contributed by atoms with Crippen molar-refractivity contribution >= 4 is 0 Å². The van der Waals surface area contributed by atoms with Gasteiger partial charge in [0.05, 0.1) is 12.6 Å². The second-order valence-corrected chi connectivity index (χ2v) is 4.20. The van der Waals surface area contributed by atoms with Gasteiger partial charge in [0.15, 0.2) is 0 Å². The summed E-state index contributed by atoms with van der Waals surface area (Å²) >= 11 is 0. The summed E-state index contributed by atoms with van der Waals surface area (Å²) in [4.78, 5) is 0. The van der Waals surface area contributed by atoms with Crippen molar-refractivity contribution in [3.8, 4) is 0 Å². The summed E-state index contributed by atoms with van der Waals surface area (Å²) in [5.74, 6) is 0.400. The Kier molecular flexibility index (Phi) is 4.59. The van der Waals surface area contributed by atoms with E-state index in [1.54, 1.807) is 24.5 Å². The monoisotopic (exact) mass is 264 g/mol. The van der Waals surface area contributed by atoms with Gasteiger partial charge in [-0.2, -0.15) is 0 Å². The van der Waals surface area contributed by atoms with Gasteiger partial charge in [0, 0.05) is 18.7 Å². The molecule has 0 saturated heterocycles. The largest absolute Gasteiger partial charge is 0.387 e. The maximum atomic E-state index is 13.4. The van der Waals surface area contributed by atoms with E-state index < -0.39 is 11.9 Å². The number of halogens is 1. The second-order valence-electron chi connectivity index (χ2n) is 4.20. The van der Waals surface area contributed by atoms with Gasteiger partial charge >= 0.3 is 0 Å². The first-order chi connectivity index (χ1) is 9.22. The van der Waals surface area contributed by atoms with E-state index in [0.717, 1.165) is 12.4 Å². The Morgan fingerprint density at radius 3 is 2.95 bits per heavy atom. The fourth-order valence-electron chi connectivity index (χ4n) is 1.86. The maximum absolute atomic E-state index is 13.4. The minimum atomic E-state index is -0.876. The highest BCUT2D eigenvalue weighted by Gasteiger charge is 2.12. The molecule has 0 bridgehead atoms. The highest BCUT2D eigenvalue weighted by molar-refractivity contribution is 5.19. The molecule has 2 aromatic rings. The van der Waals surface area contributed by atoms with Crippen LogP contribution in [-0.4, -0.2) is 26.4 Å². The molecule has 0 spiro atoms. The number of aliphatic hydroxyl groups is 1. The van der Waals surface area contributed by atoms with Crippen LogP contribution in [0.4, 0.5) is 4.39 Å². The van der Waals surface area contributed by atoms with Gasteiger partial charge in [-0.1, -0.05) is 18.2 Å². The van der Waals surface area contributed by atoms with Crippen LogP contribution in [0.2, 0.25) is 0 Å². The quantitative estimate of drug-likeness (QED) is 0.824. The molecule has 5 nitrogen and oxygen atoms in total. The topological polar surface area (TPSA) is 63.0 Å². The Morgan fingerprint density at radius 2 is 2.21 bits per heavy atom. The van der Waals surface area contributed by atoms with Crippen LogP contribution in [0.5, 0.6) is 0 Å². The van der Waals surface area contributed by atoms with Crippen LogP contribution in [0, 0.1) is 5.82 Å². The van der Waals surface area contributed by atoms with Crippen LogP contribution in [0.15, 0.2) is 30.6 Å². The molecule has 0 aliphatic carbocycles. The Bertz CT molecular complexity index is 529. The number of aryl methyl sites for hydroxylation is 1. The molecule has 0 radical (unpaired) electrons. The lowest BCUT2D eigenvalue weighted by Crippen LogP contribution is -2.23. The molecule has 1 aromatic carbocycles. The predicted octanol–water partition coefficient (Wildman–Crippen LogP) is 1.26. The summed E-state index contributed by atoms with van der Waals surface area (Å²) in [7, 11) is 0. The number of aromatic nitrogens is 3. The standard InChI is InChI=1S/C13H17FN4O/c1-2-18-9-16-17-13(18)8-15-7-12(19)10-5-3-4-6-11(10)14/h3-6,9,12,15,19H,2,7-8H2,1H3. The molecule has 2 rings (SSSR count). The molecule has 0 fully saturated rings. The van der Waals surface area contributed by atoms with E-state index in [2.05, 4.69) is 15.5 Å². The molecule has 1 atom stereocenters. The van der Waals surface area contributed by atoms with Crippen molar-refractivity contribution in [2.75, 3.05) is 6.54 Å². The minimum Gasteiger partial charge on any atom is -0.387 e. The fourth-order valence-corrected chi connectivity index (χ4v) is 1.86. The highest BCUT2D eigenvalue weighted by atomic mass is 19.1. The van der Waals surface area contributed by atoms with Crippen LogP contribution in [-0.2, 0) is 13.1 Å². The van der Waals surface area contributed by atoms with E-state index in [0.29, 0.717) is 12.1 Å². The van der Waals surface area contributed by atoms with Crippen molar-refractivity contribution < 1.29 is 9.50 Å². The number of aliphatic hydroxyl groups excluding tert-OH is 1. The van der Waals surface area contributed by atoms with Gasteiger partial charge < -0.3 is 15.0 Å². The number of benzene rings is 1. The Hall–Kier alpha value is -1.79. The van der Waals surface area contributed by atoms with Gasteiger partial charge in [-0.25, -0.2) is 4.39 Å². The summed E-state index contributed by atoms with van der Waals surface area (Å²) in [5, 5.41) is 20.7. The predicted molar refractivity (Wildman–Crippen MR) is 68.8 cm³/mol. The molecule has 0 saturated carbocycles. The van der Waals surface area contributed by atoms with Crippen molar-refractivity contribution in [3.05, 3.63) is 47.8 Å². The summed E-state index contributed by atoms with van der Waals surface area (Å²) in [6.45, 7) is 3.54. The van der Waals surface area contributed by atoms with E-state index in [1.165, 1.54) is 6.07 Å². The molecule has 1 unspecified atom stereocenters. The van der Waals surface area contributed by atoms with Crippen LogP contribution >= 0.6 is 0 Å². The summed E-state index contributed by atoms with van der Waals surface area (Å²) in [6.07, 6.45) is 0.781. The normalized spacial score (nSPS) is 12.6. The van der Waals surface area contributed by atoms with E-state index in [1.807, 2.05) is 11.5 Å². The molecule has 0 aliphatic rings. The van der Waals surface area contributed by atoms with Gasteiger partial charge in [-0.3, -0.25) is 0 Å². The van der Waals surface area contributed by atoms with E-state index >= 15 is 0 Å². The Balaban J connectivity index is 1.88. The SMILES string of the molecule is CCn1cnnc1CNCC(O)c1ccccc1F. The molecule has 2 N–H and O–H groups in total. The van der Waals surface area contributed by atoms with Crippen LogP contribution in [0.3, 0.4) is 0 Å².